The highest BCUT2D eigenvalue weighted by atomic mass is 16.1. The van der Waals surface area contributed by atoms with Crippen LogP contribution in [-0.2, 0) is 0 Å². The van der Waals surface area contributed by atoms with Crippen molar-refractivity contribution in [3.63, 3.8) is 0 Å². The summed E-state index contributed by atoms with van der Waals surface area (Å²) in [5.41, 5.74) is 4.70. The number of pyridine rings is 1. The second-order valence-corrected chi connectivity index (χ2v) is 8.81. The molecule has 0 saturated carbocycles. The van der Waals surface area contributed by atoms with Crippen molar-refractivity contribution < 1.29 is 4.79 Å². The number of carbonyl (C=O) groups is 1. The minimum atomic E-state index is -0.180. The second kappa shape index (κ2) is 9.03. The van der Waals surface area contributed by atoms with Crippen LogP contribution in [0.4, 0.5) is 17.3 Å². The van der Waals surface area contributed by atoms with Gasteiger partial charge in [-0.05, 0) is 87.8 Å². The van der Waals surface area contributed by atoms with Gasteiger partial charge in [0.05, 0.1) is 5.39 Å². The zero-order valence-corrected chi connectivity index (χ0v) is 18.9. The van der Waals surface area contributed by atoms with Gasteiger partial charge in [-0.2, -0.15) is 5.10 Å². The number of hydrogen-bond donors (Lipinski definition) is 3. The van der Waals surface area contributed by atoms with E-state index < -0.39 is 0 Å². The molecule has 1 amide bonds. The van der Waals surface area contributed by atoms with Gasteiger partial charge in [0.25, 0.3) is 5.91 Å². The number of amides is 1. The minimum absolute atomic E-state index is 0.180. The number of nitrogens with one attached hydrogen (secondary N) is 3. The van der Waals surface area contributed by atoms with Crippen molar-refractivity contribution in [2.24, 2.45) is 0 Å². The topological polar surface area (TPSA) is 85.9 Å². The first kappa shape index (κ1) is 21.2. The Morgan fingerprint density at radius 1 is 1.00 bits per heavy atom. The lowest BCUT2D eigenvalue weighted by atomic mass is 9.89. The minimum Gasteiger partial charge on any atom is -0.340 e. The molecular weight excluding hydrogens is 412 g/mol. The average Bonchev–Trinajstić information content (AvgIpc) is 3.23. The fourth-order valence-electron chi connectivity index (χ4n) is 4.28. The summed E-state index contributed by atoms with van der Waals surface area (Å²) >= 11 is 0. The summed E-state index contributed by atoms with van der Waals surface area (Å²) in [6, 6.07) is 19.9. The SMILES string of the molecule is Cc1ccc(Nc2ccc3c(NC(=O)c4ccc(C5CCN(C)CC5)cc4)n[nH]c3n2)cc1. The molecule has 0 atom stereocenters. The summed E-state index contributed by atoms with van der Waals surface area (Å²) in [7, 11) is 2.17. The largest absolute Gasteiger partial charge is 0.340 e. The standard InChI is InChI=1S/C26H28N6O/c1-17-3-9-21(10-4-17)27-23-12-11-22-24(28-23)30-31-25(22)29-26(33)20-7-5-18(6-8-20)19-13-15-32(2)16-14-19/h3-12,19H,13-16H2,1-2H3,(H3,27,28,29,30,31,33). The number of aryl methyl sites for hydroxylation is 1. The van der Waals surface area contributed by atoms with Crippen LogP contribution in [0.1, 0.15) is 40.2 Å². The predicted molar refractivity (Wildman–Crippen MR) is 132 cm³/mol. The van der Waals surface area contributed by atoms with Gasteiger partial charge in [0, 0.05) is 11.3 Å². The molecule has 168 valence electrons. The Morgan fingerprint density at radius 3 is 2.45 bits per heavy atom. The molecule has 2 aromatic carbocycles. The van der Waals surface area contributed by atoms with Crippen LogP contribution in [0.2, 0.25) is 0 Å². The Hall–Kier alpha value is -3.71. The van der Waals surface area contributed by atoms with Gasteiger partial charge >= 0.3 is 0 Å². The molecule has 1 fully saturated rings. The van der Waals surface area contributed by atoms with E-state index in [0.717, 1.165) is 37.0 Å². The third-order valence-electron chi connectivity index (χ3n) is 6.34. The quantitative estimate of drug-likeness (QED) is 0.403. The van der Waals surface area contributed by atoms with Gasteiger partial charge in [-0.3, -0.25) is 9.89 Å². The third kappa shape index (κ3) is 4.73. The fraction of sp³-hybridized carbons (Fsp3) is 0.269. The second-order valence-electron chi connectivity index (χ2n) is 8.81. The number of benzene rings is 2. The van der Waals surface area contributed by atoms with Crippen molar-refractivity contribution in [2.45, 2.75) is 25.7 Å². The van der Waals surface area contributed by atoms with Crippen LogP contribution >= 0.6 is 0 Å². The molecule has 7 heteroatoms. The van der Waals surface area contributed by atoms with E-state index in [1.165, 1.54) is 11.1 Å². The number of aromatic amines is 1. The lowest BCUT2D eigenvalue weighted by Gasteiger charge is -2.29. The van der Waals surface area contributed by atoms with E-state index in [1.807, 2.05) is 48.5 Å². The monoisotopic (exact) mass is 440 g/mol. The molecule has 1 aliphatic rings. The van der Waals surface area contributed by atoms with Crippen LogP contribution in [0.3, 0.4) is 0 Å². The van der Waals surface area contributed by atoms with Crippen LogP contribution in [-0.4, -0.2) is 46.1 Å². The lowest BCUT2D eigenvalue weighted by molar-refractivity contribution is 0.102. The molecule has 7 nitrogen and oxygen atoms in total. The highest BCUT2D eigenvalue weighted by Crippen LogP contribution is 2.28. The van der Waals surface area contributed by atoms with Crippen LogP contribution < -0.4 is 10.6 Å². The molecule has 0 spiro atoms. The smallest absolute Gasteiger partial charge is 0.256 e. The van der Waals surface area contributed by atoms with Gasteiger partial charge in [0.1, 0.15) is 5.82 Å². The Bertz CT molecular complexity index is 1250. The first-order chi connectivity index (χ1) is 16.0. The molecule has 33 heavy (non-hydrogen) atoms. The number of likely N-dealkylation sites (tertiary alicyclic amines) is 1. The molecule has 3 N–H and O–H groups in total. The predicted octanol–water partition coefficient (Wildman–Crippen LogP) is 5.07. The van der Waals surface area contributed by atoms with E-state index in [-0.39, 0.29) is 5.91 Å². The summed E-state index contributed by atoms with van der Waals surface area (Å²) in [6.45, 7) is 4.29. The number of nitrogens with zero attached hydrogens (tertiary/aromatic N) is 3. The number of anilines is 3. The van der Waals surface area contributed by atoms with E-state index in [9.17, 15) is 4.79 Å². The molecule has 0 bridgehead atoms. The summed E-state index contributed by atoms with van der Waals surface area (Å²) in [5.74, 6) is 1.57. The summed E-state index contributed by atoms with van der Waals surface area (Å²) in [5, 5.41) is 14.1. The zero-order valence-electron chi connectivity index (χ0n) is 18.9. The normalized spacial score (nSPS) is 15.0. The zero-order chi connectivity index (χ0) is 22.8. The van der Waals surface area contributed by atoms with Crippen molar-refractivity contribution in [1.82, 2.24) is 20.1 Å². The number of aromatic nitrogens is 3. The van der Waals surface area contributed by atoms with Gasteiger partial charge in [-0.25, -0.2) is 4.98 Å². The Morgan fingerprint density at radius 2 is 1.73 bits per heavy atom. The molecular formula is C26H28N6O. The van der Waals surface area contributed by atoms with E-state index in [4.69, 9.17) is 0 Å². The molecule has 1 aliphatic heterocycles. The number of H-pyrrole nitrogens is 1. The van der Waals surface area contributed by atoms with Gasteiger partial charge in [-0.1, -0.05) is 29.8 Å². The van der Waals surface area contributed by atoms with Crippen LogP contribution in [0.25, 0.3) is 11.0 Å². The molecule has 0 aliphatic carbocycles. The van der Waals surface area contributed by atoms with Crippen molar-refractivity contribution in [3.8, 4) is 0 Å². The molecule has 1 saturated heterocycles. The van der Waals surface area contributed by atoms with Gasteiger partial charge < -0.3 is 15.5 Å². The lowest BCUT2D eigenvalue weighted by Crippen LogP contribution is -2.29. The summed E-state index contributed by atoms with van der Waals surface area (Å²) in [4.78, 5) is 19.8. The number of fused-ring (bicyclic) bond motifs is 1. The molecule has 0 unspecified atom stereocenters. The molecule has 3 heterocycles. The van der Waals surface area contributed by atoms with Crippen molar-refractivity contribution >= 4 is 34.3 Å². The van der Waals surface area contributed by atoms with E-state index in [0.29, 0.717) is 28.8 Å². The number of carbonyl (C=O) groups excluding carboxylic acids is 1. The van der Waals surface area contributed by atoms with Crippen molar-refractivity contribution in [2.75, 3.05) is 30.8 Å². The van der Waals surface area contributed by atoms with Crippen molar-refractivity contribution in [1.29, 1.82) is 0 Å². The first-order valence-corrected chi connectivity index (χ1v) is 11.3. The molecule has 4 aromatic rings. The van der Waals surface area contributed by atoms with Gasteiger partial charge in [-0.15, -0.1) is 0 Å². The Kier molecular flexibility index (Phi) is 5.79. The summed E-state index contributed by atoms with van der Waals surface area (Å²) in [6.07, 6.45) is 2.32. The van der Waals surface area contributed by atoms with Crippen LogP contribution in [0.15, 0.2) is 60.7 Å². The van der Waals surface area contributed by atoms with E-state index >= 15 is 0 Å². The number of rotatable bonds is 5. The molecule has 0 radical (unpaired) electrons. The average molecular weight is 441 g/mol. The van der Waals surface area contributed by atoms with Crippen molar-refractivity contribution in [3.05, 3.63) is 77.4 Å². The number of hydrogen-bond acceptors (Lipinski definition) is 5. The van der Waals surface area contributed by atoms with Gasteiger partial charge in [0.2, 0.25) is 0 Å². The Labute approximate surface area is 193 Å². The first-order valence-electron chi connectivity index (χ1n) is 11.3. The Balaban J connectivity index is 1.26. The fourth-order valence-corrected chi connectivity index (χ4v) is 4.28. The maximum absolute atomic E-state index is 12.8. The number of piperidine rings is 1. The molecule has 2 aromatic heterocycles. The maximum atomic E-state index is 12.8. The highest BCUT2D eigenvalue weighted by molar-refractivity contribution is 6.07. The van der Waals surface area contributed by atoms with Gasteiger partial charge in [0.15, 0.2) is 11.5 Å². The third-order valence-corrected chi connectivity index (χ3v) is 6.34. The molecule has 5 rings (SSSR count). The summed E-state index contributed by atoms with van der Waals surface area (Å²) < 4.78 is 0. The highest BCUT2D eigenvalue weighted by Gasteiger charge is 2.19. The van der Waals surface area contributed by atoms with E-state index in [2.05, 4.69) is 56.8 Å². The van der Waals surface area contributed by atoms with Crippen LogP contribution in [0, 0.1) is 6.92 Å². The van der Waals surface area contributed by atoms with E-state index in [1.54, 1.807) is 0 Å². The maximum Gasteiger partial charge on any atom is 0.256 e. The van der Waals surface area contributed by atoms with Crippen LogP contribution in [0.5, 0.6) is 0 Å².